The first-order valence-electron chi connectivity index (χ1n) is 7.42. The molecule has 0 aliphatic carbocycles. The van der Waals surface area contributed by atoms with Gasteiger partial charge in [-0.05, 0) is 0 Å². The van der Waals surface area contributed by atoms with E-state index in [0.717, 1.165) is 0 Å². The fourth-order valence-corrected chi connectivity index (χ4v) is 3.96. The van der Waals surface area contributed by atoms with Gasteiger partial charge < -0.3 is 34.2 Å². The molecule has 2 N–H and O–H groups in total. The van der Waals surface area contributed by atoms with Gasteiger partial charge in [0.2, 0.25) is 5.82 Å². The number of hydrogen-bond donors (Lipinski definition) is 2. The van der Waals surface area contributed by atoms with Crippen molar-refractivity contribution in [2.45, 2.75) is 0 Å². The Bertz CT molecular complexity index is 584. The van der Waals surface area contributed by atoms with Gasteiger partial charge >= 0.3 is 5.69 Å². The number of nitrogens with zero attached hydrogens (tertiary/aromatic N) is 4. The summed E-state index contributed by atoms with van der Waals surface area (Å²) >= 11 is 0. The van der Waals surface area contributed by atoms with Crippen LogP contribution in [-0.4, -0.2) is 75.1 Å². The molecule has 23 heavy (non-hydrogen) atoms. The second-order valence-corrected chi connectivity index (χ2v) is 7.94. The highest BCUT2D eigenvalue weighted by molar-refractivity contribution is 8.24. The molecule has 2 fully saturated rings. The predicted molar refractivity (Wildman–Crippen MR) is 85.3 cm³/mol. The van der Waals surface area contributed by atoms with Crippen molar-refractivity contribution in [3.8, 4) is 0 Å². The zero-order valence-electron chi connectivity index (χ0n) is 12.6. The van der Waals surface area contributed by atoms with E-state index in [4.69, 9.17) is 4.74 Å². The van der Waals surface area contributed by atoms with Crippen molar-refractivity contribution in [2.75, 3.05) is 60.7 Å². The van der Waals surface area contributed by atoms with Gasteiger partial charge in [-0.3, -0.25) is 0 Å². The van der Waals surface area contributed by atoms with Crippen LogP contribution in [0.15, 0.2) is 12.3 Å². The molecule has 0 spiro atoms. The van der Waals surface area contributed by atoms with Crippen LogP contribution in [0, 0.1) is 4.91 Å². The maximum Gasteiger partial charge on any atom is 0.360 e. The third-order valence-corrected chi connectivity index (χ3v) is 5.72. The lowest BCUT2D eigenvalue weighted by Gasteiger charge is -2.51. The summed E-state index contributed by atoms with van der Waals surface area (Å²) in [5.41, 5.74) is 0.724. The summed E-state index contributed by atoms with van der Waals surface area (Å²) in [6, 6.07) is 1.56. The van der Waals surface area contributed by atoms with Crippen LogP contribution in [0.4, 0.5) is 17.2 Å². The molecule has 1 aromatic heterocycles. The molecule has 3 heterocycles. The highest BCUT2D eigenvalue weighted by Crippen LogP contribution is 2.41. The van der Waals surface area contributed by atoms with E-state index in [1.807, 2.05) is 9.80 Å². The van der Waals surface area contributed by atoms with Crippen LogP contribution in [0.1, 0.15) is 0 Å². The minimum Gasteiger partial charge on any atom is -0.768 e. The van der Waals surface area contributed by atoms with Crippen molar-refractivity contribution >= 4 is 27.8 Å². The summed E-state index contributed by atoms with van der Waals surface area (Å²) in [6.07, 6.45) is 1.63. The first kappa shape index (κ1) is 16.2. The van der Waals surface area contributed by atoms with Crippen molar-refractivity contribution in [1.82, 2.24) is 4.98 Å². The highest BCUT2D eigenvalue weighted by atomic mass is 32.3. The topological polar surface area (TPSA) is 112 Å². The predicted octanol–water partition coefficient (Wildman–Crippen LogP) is 0.946. The Morgan fingerprint density at radius 1 is 1.22 bits per heavy atom. The van der Waals surface area contributed by atoms with Gasteiger partial charge in [-0.25, -0.2) is 10.2 Å². The number of rotatable bonds is 3. The number of hydrogen-bond acceptors (Lipinski definition) is 7. The molecular weight excluding hydrogens is 324 g/mol. The van der Waals surface area contributed by atoms with Crippen molar-refractivity contribution in [1.29, 1.82) is 0 Å². The van der Waals surface area contributed by atoms with Gasteiger partial charge in [0.1, 0.15) is 0 Å². The first-order chi connectivity index (χ1) is 11.0. The van der Waals surface area contributed by atoms with Crippen molar-refractivity contribution in [3.63, 3.8) is 0 Å². The van der Waals surface area contributed by atoms with Crippen molar-refractivity contribution in [2.24, 2.45) is 0 Å². The van der Waals surface area contributed by atoms with E-state index in [0.29, 0.717) is 50.9 Å². The van der Waals surface area contributed by atoms with Crippen LogP contribution in [0.5, 0.6) is 0 Å². The monoisotopic (exact) mass is 344 g/mol. The summed E-state index contributed by atoms with van der Waals surface area (Å²) < 4.78 is 26.5. The number of ether oxygens (including phenoxy) is 1. The molecule has 0 radical (unpaired) electrons. The molecule has 10 heteroatoms. The van der Waals surface area contributed by atoms with Crippen LogP contribution < -0.4 is 9.80 Å². The lowest BCUT2D eigenvalue weighted by molar-refractivity contribution is -0.729. The second-order valence-electron chi connectivity index (χ2n) is 5.58. The van der Waals surface area contributed by atoms with Gasteiger partial charge in [0, 0.05) is 43.8 Å². The standard InChI is InChI=1S/C13H20N4O5S/c18-17(19)12-9-11(15-3-7-23(20,21)8-4-15)10-14-13(12)16-1-5-22-6-2-16/h9-10H,1-8H2,(H2-,18,19,20,21). The third kappa shape index (κ3) is 3.66. The number of morpholine rings is 1. The zero-order chi connectivity index (χ0) is 16.4. The van der Waals surface area contributed by atoms with Crippen molar-refractivity contribution < 1.29 is 24.0 Å². The van der Waals surface area contributed by atoms with Crippen LogP contribution >= 0.6 is 10.6 Å². The normalized spacial score (nSPS) is 22.7. The van der Waals surface area contributed by atoms with E-state index in [-0.39, 0.29) is 22.1 Å². The van der Waals surface area contributed by atoms with Gasteiger partial charge in [0.15, 0.2) is 0 Å². The van der Waals surface area contributed by atoms with Gasteiger partial charge in [0.25, 0.3) is 4.92 Å². The SMILES string of the molecule is O=[N+](O)c1cc(N2CCS([O-])(O)CC2)cnc1N1CCOCC1. The molecule has 0 atom stereocenters. The zero-order valence-corrected chi connectivity index (χ0v) is 13.4. The lowest BCUT2D eigenvalue weighted by Crippen LogP contribution is -2.39. The fraction of sp³-hybridized carbons (Fsp3) is 0.615. The highest BCUT2D eigenvalue weighted by Gasteiger charge is 2.28. The smallest absolute Gasteiger partial charge is 0.360 e. The number of aromatic nitrogens is 1. The largest absolute Gasteiger partial charge is 0.768 e. The minimum atomic E-state index is -2.73. The van der Waals surface area contributed by atoms with Crippen LogP contribution in [0.3, 0.4) is 0 Å². The van der Waals surface area contributed by atoms with E-state index >= 15 is 0 Å². The number of pyridine rings is 1. The Kier molecular flexibility index (Phi) is 4.57. The Balaban J connectivity index is 1.83. The van der Waals surface area contributed by atoms with E-state index < -0.39 is 10.6 Å². The van der Waals surface area contributed by atoms with E-state index in [1.54, 1.807) is 12.3 Å². The maximum atomic E-state index is 11.6. The minimum absolute atomic E-state index is 0.0692. The summed E-state index contributed by atoms with van der Waals surface area (Å²) in [5, 5.41) is 9.42. The Morgan fingerprint density at radius 3 is 2.48 bits per heavy atom. The molecule has 0 amide bonds. The average Bonchev–Trinajstić information content (AvgIpc) is 2.55. The molecular formula is C13H20N4O5S. The lowest BCUT2D eigenvalue weighted by atomic mass is 10.3. The van der Waals surface area contributed by atoms with Crippen molar-refractivity contribution in [3.05, 3.63) is 17.2 Å². The fourth-order valence-electron chi connectivity index (χ4n) is 2.75. The molecule has 2 aliphatic rings. The summed E-state index contributed by atoms with van der Waals surface area (Å²) in [5.74, 6) is 0.791. The van der Waals surface area contributed by atoms with Gasteiger partial charge in [-0.1, -0.05) is 0 Å². The molecule has 128 valence electrons. The Labute approximate surface area is 135 Å². The van der Waals surface area contributed by atoms with E-state index in [9.17, 15) is 19.2 Å². The molecule has 9 nitrogen and oxygen atoms in total. The summed E-state index contributed by atoms with van der Waals surface area (Å²) in [6.45, 7) is 3.12. The second kappa shape index (κ2) is 6.48. The molecule has 0 aromatic carbocycles. The van der Waals surface area contributed by atoms with Crippen LogP contribution in [0.25, 0.3) is 0 Å². The van der Waals surface area contributed by atoms with Crippen LogP contribution in [0.2, 0.25) is 0 Å². The quantitative estimate of drug-likeness (QED) is 0.779. The average molecular weight is 344 g/mol. The van der Waals surface area contributed by atoms with Crippen LogP contribution in [-0.2, 0) is 4.74 Å². The molecule has 3 rings (SSSR count). The van der Waals surface area contributed by atoms with E-state index in [1.165, 1.54) is 0 Å². The molecule has 1 aromatic rings. The molecule has 2 aliphatic heterocycles. The Morgan fingerprint density at radius 2 is 1.87 bits per heavy atom. The summed E-state index contributed by atoms with van der Waals surface area (Å²) in [4.78, 5) is 19.4. The molecule has 0 unspecified atom stereocenters. The third-order valence-electron chi connectivity index (χ3n) is 4.07. The van der Waals surface area contributed by atoms with E-state index in [2.05, 4.69) is 4.98 Å². The Hall–Kier alpha value is -1.62. The molecule has 0 saturated carbocycles. The van der Waals surface area contributed by atoms with Gasteiger partial charge in [-0.2, -0.15) is 0 Å². The first-order valence-corrected chi connectivity index (χ1v) is 9.27. The van der Waals surface area contributed by atoms with Gasteiger partial charge in [0.05, 0.1) is 30.0 Å². The molecule has 0 bridgehead atoms. The molecule has 2 saturated heterocycles. The maximum absolute atomic E-state index is 11.6. The summed E-state index contributed by atoms with van der Waals surface area (Å²) in [7, 11) is -2.73. The van der Waals surface area contributed by atoms with Gasteiger partial charge in [-0.15, -0.1) is 0 Å². The number of anilines is 2.